The Bertz CT molecular complexity index is 1620. The molecule has 0 radical (unpaired) electrons. The Kier molecular flexibility index (Phi) is 4.12. The number of hydrogen-bond acceptors (Lipinski definition) is 2. The minimum absolute atomic E-state index is 0.421. The van der Waals surface area contributed by atoms with E-state index in [0.717, 1.165) is 33.1 Å². The highest BCUT2D eigenvalue weighted by Gasteiger charge is 2.17. The standard InChI is InChI=1S/C28H20N2O2/c29-28(31)23-7-3-8-24-27(23)22-13-12-21(26-9-4-14-32-26)16-25(22)30(24)17-18-10-11-19-5-1-2-6-20(19)15-18/h1-16H,17H2,(H2,29,31). The van der Waals surface area contributed by atoms with Crippen molar-refractivity contribution < 1.29 is 9.21 Å². The lowest BCUT2D eigenvalue weighted by Crippen LogP contribution is -2.11. The van der Waals surface area contributed by atoms with Crippen LogP contribution in [-0.2, 0) is 6.54 Å². The van der Waals surface area contributed by atoms with Gasteiger partial charge >= 0.3 is 0 Å². The van der Waals surface area contributed by atoms with Crippen molar-refractivity contribution in [2.45, 2.75) is 6.54 Å². The Morgan fingerprint density at radius 2 is 1.69 bits per heavy atom. The van der Waals surface area contributed by atoms with E-state index in [0.29, 0.717) is 12.1 Å². The number of carbonyl (C=O) groups is 1. The molecule has 0 atom stereocenters. The fourth-order valence-corrected chi connectivity index (χ4v) is 4.64. The number of benzene rings is 4. The summed E-state index contributed by atoms with van der Waals surface area (Å²) in [4.78, 5) is 12.2. The molecule has 0 unspecified atom stereocenters. The van der Waals surface area contributed by atoms with Crippen LogP contribution in [0.2, 0.25) is 0 Å². The Labute approximate surface area is 184 Å². The Balaban J connectivity index is 1.62. The molecule has 0 bridgehead atoms. The minimum atomic E-state index is -0.421. The van der Waals surface area contributed by atoms with Gasteiger partial charge in [-0.1, -0.05) is 54.6 Å². The summed E-state index contributed by atoms with van der Waals surface area (Å²) in [7, 11) is 0. The molecule has 154 valence electrons. The first-order valence-corrected chi connectivity index (χ1v) is 10.6. The maximum atomic E-state index is 12.2. The van der Waals surface area contributed by atoms with Gasteiger partial charge in [0.15, 0.2) is 0 Å². The van der Waals surface area contributed by atoms with Crippen molar-refractivity contribution in [3.63, 3.8) is 0 Å². The van der Waals surface area contributed by atoms with E-state index in [1.165, 1.54) is 16.3 Å². The second-order valence-corrected chi connectivity index (χ2v) is 8.04. The molecular formula is C28H20N2O2. The number of furan rings is 1. The van der Waals surface area contributed by atoms with Gasteiger partial charge in [-0.25, -0.2) is 0 Å². The Morgan fingerprint density at radius 3 is 2.50 bits per heavy atom. The number of rotatable bonds is 4. The summed E-state index contributed by atoms with van der Waals surface area (Å²) in [5.41, 5.74) is 10.5. The van der Waals surface area contributed by atoms with Crippen molar-refractivity contribution >= 4 is 38.5 Å². The molecule has 4 nitrogen and oxygen atoms in total. The van der Waals surface area contributed by atoms with Crippen molar-refractivity contribution in [3.8, 4) is 11.3 Å². The van der Waals surface area contributed by atoms with Gasteiger partial charge in [-0.05, 0) is 52.7 Å². The molecular weight excluding hydrogens is 396 g/mol. The predicted molar refractivity (Wildman–Crippen MR) is 129 cm³/mol. The molecule has 4 heteroatoms. The van der Waals surface area contributed by atoms with E-state index in [-0.39, 0.29) is 0 Å². The third-order valence-electron chi connectivity index (χ3n) is 6.12. The average molecular weight is 416 g/mol. The lowest BCUT2D eigenvalue weighted by Gasteiger charge is -2.10. The van der Waals surface area contributed by atoms with Gasteiger partial charge in [-0.15, -0.1) is 0 Å². The summed E-state index contributed by atoms with van der Waals surface area (Å²) in [5, 5.41) is 4.32. The summed E-state index contributed by atoms with van der Waals surface area (Å²) >= 11 is 0. The van der Waals surface area contributed by atoms with Gasteiger partial charge in [-0.3, -0.25) is 4.79 Å². The van der Waals surface area contributed by atoms with Crippen LogP contribution in [0.3, 0.4) is 0 Å². The molecule has 0 saturated carbocycles. The fourth-order valence-electron chi connectivity index (χ4n) is 4.64. The number of hydrogen-bond donors (Lipinski definition) is 1. The van der Waals surface area contributed by atoms with Crippen LogP contribution in [0, 0.1) is 0 Å². The van der Waals surface area contributed by atoms with Gasteiger partial charge in [0.05, 0.1) is 17.3 Å². The molecule has 0 aliphatic heterocycles. The molecule has 1 amide bonds. The van der Waals surface area contributed by atoms with Gasteiger partial charge in [0.1, 0.15) is 5.76 Å². The molecule has 0 saturated heterocycles. The second kappa shape index (κ2) is 7.13. The van der Waals surface area contributed by atoms with Gasteiger partial charge in [0.2, 0.25) is 5.91 Å². The maximum Gasteiger partial charge on any atom is 0.249 e. The SMILES string of the molecule is NC(=O)c1cccc2c1c1ccc(-c3ccco3)cc1n2Cc1ccc2ccccc2c1. The first-order chi connectivity index (χ1) is 15.7. The highest BCUT2D eigenvalue weighted by molar-refractivity contribution is 6.18. The van der Waals surface area contributed by atoms with Crippen LogP contribution in [0.5, 0.6) is 0 Å². The number of fused-ring (bicyclic) bond motifs is 4. The number of carbonyl (C=O) groups excluding carboxylic acids is 1. The van der Waals surface area contributed by atoms with Crippen LogP contribution in [0.4, 0.5) is 0 Å². The summed E-state index contributed by atoms with van der Waals surface area (Å²) in [5.74, 6) is 0.389. The molecule has 0 spiro atoms. The summed E-state index contributed by atoms with van der Waals surface area (Å²) < 4.78 is 7.89. The van der Waals surface area contributed by atoms with Crippen LogP contribution < -0.4 is 5.73 Å². The highest BCUT2D eigenvalue weighted by atomic mass is 16.3. The smallest absolute Gasteiger partial charge is 0.249 e. The number of aromatic nitrogens is 1. The average Bonchev–Trinajstić information content (AvgIpc) is 3.46. The third-order valence-corrected chi connectivity index (χ3v) is 6.12. The minimum Gasteiger partial charge on any atom is -0.464 e. The van der Waals surface area contributed by atoms with Gasteiger partial charge in [-0.2, -0.15) is 0 Å². The van der Waals surface area contributed by atoms with Crippen molar-refractivity contribution in [1.82, 2.24) is 4.57 Å². The summed E-state index contributed by atoms with van der Waals surface area (Å²) in [6, 6.07) is 30.7. The van der Waals surface area contributed by atoms with E-state index in [9.17, 15) is 4.79 Å². The number of nitrogens with zero attached hydrogens (tertiary/aromatic N) is 1. The first-order valence-electron chi connectivity index (χ1n) is 10.6. The normalized spacial score (nSPS) is 11.5. The monoisotopic (exact) mass is 416 g/mol. The van der Waals surface area contributed by atoms with E-state index in [4.69, 9.17) is 10.2 Å². The van der Waals surface area contributed by atoms with Crippen LogP contribution in [-0.4, -0.2) is 10.5 Å². The van der Waals surface area contributed by atoms with Crippen molar-refractivity contribution in [3.05, 3.63) is 108 Å². The van der Waals surface area contributed by atoms with E-state index in [1.54, 1.807) is 12.3 Å². The highest BCUT2D eigenvalue weighted by Crippen LogP contribution is 2.35. The van der Waals surface area contributed by atoms with Crippen molar-refractivity contribution in [2.75, 3.05) is 0 Å². The lowest BCUT2D eigenvalue weighted by molar-refractivity contribution is 0.100. The number of nitrogens with two attached hydrogens (primary N) is 1. The fraction of sp³-hybridized carbons (Fsp3) is 0.0357. The first kappa shape index (κ1) is 18.5. The topological polar surface area (TPSA) is 61.2 Å². The van der Waals surface area contributed by atoms with Crippen LogP contribution in [0.1, 0.15) is 15.9 Å². The molecule has 0 aliphatic carbocycles. The largest absolute Gasteiger partial charge is 0.464 e. The zero-order chi connectivity index (χ0) is 21.7. The second-order valence-electron chi connectivity index (χ2n) is 8.04. The van der Waals surface area contributed by atoms with Crippen molar-refractivity contribution in [1.29, 1.82) is 0 Å². The van der Waals surface area contributed by atoms with E-state index >= 15 is 0 Å². The molecule has 0 aliphatic rings. The lowest BCUT2D eigenvalue weighted by atomic mass is 10.0. The van der Waals surface area contributed by atoms with Gasteiger partial charge in [0.25, 0.3) is 0 Å². The molecule has 6 rings (SSSR count). The molecule has 6 aromatic rings. The molecule has 0 fully saturated rings. The van der Waals surface area contributed by atoms with Gasteiger partial charge in [0, 0.05) is 28.4 Å². The van der Waals surface area contributed by atoms with Crippen LogP contribution in [0.15, 0.2) is 102 Å². The molecule has 2 aromatic heterocycles. The molecule has 32 heavy (non-hydrogen) atoms. The van der Waals surface area contributed by atoms with E-state index < -0.39 is 5.91 Å². The summed E-state index contributed by atoms with van der Waals surface area (Å²) in [6.07, 6.45) is 1.68. The molecule has 2 N–H and O–H groups in total. The van der Waals surface area contributed by atoms with Crippen molar-refractivity contribution in [2.24, 2.45) is 5.73 Å². The molecule has 2 heterocycles. The van der Waals surface area contributed by atoms with Gasteiger partial charge < -0.3 is 14.7 Å². The predicted octanol–water partition coefficient (Wildman–Crippen LogP) is 6.35. The zero-order valence-electron chi connectivity index (χ0n) is 17.3. The third kappa shape index (κ3) is 2.88. The quantitative estimate of drug-likeness (QED) is 0.364. The Hall–Kier alpha value is -4.31. The van der Waals surface area contributed by atoms with E-state index in [1.807, 2.05) is 24.3 Å². The van der Waals surface area contributed by atoms with Crippen LogP contribution >= 0.6 is 0 Å². The maximum absolute atomic E-state index is 12.2. The Morgan fingerprint density at radius 1 is 0.812 bits per heavy atom. The number of amides is 1. The number of primary amides is 1. The van der Waals surface area contributed by atoms with Crippen LogP contribution in [0.25, 0.3) is 43.9 Å². The zero-order valence-corrected chi connectivity index (χ0v) is 17.3. The summed E-state index contributed by atoms with van der Waals surface area (Å²) in [6.45, 7) is 0.675. The molecule has 4 aromatic carbocycles. The van der Waals surface area contributed by atoms with E-state index in [2.05, 4.69) is 65.2 Å².